The summed E-state index contributed by atoms with van der Waals surface area (Å²) in [5, 5.41) is 12.0. The molecule has 3 nitrogen and oxygen atoms in total. The lowest BCUT2D eigenvalue weighted by Crippen LogP contribution is -2.23. The topological polar surface area (TPSA) is 52.9 Å². The molecule has 0 radical (unpaired) electrons. The van der Waals surface area contributed by atoms with Gasteiger partial charge in [0.05, 0.1) is 0 Å². The summed E-state index contributed by atoms with van der Waals surface area (Å²) in [6.45, 7) is 4.66. The molecule has 2 aromatic carbocycles. The molecule has 0 bridgehead atoms. The molecule has 1 amide bonds. The van der Waals surface area contributed by atoms with E-state index >= 15 is 0 Å². The standard InChI is InChI=1S/C20H20N2O/c1-15(2)18-10-8-16(9-11-18)12-19(13-21)20(23)22-14-17-6-4-3-5-7-17/h3-12,15H,14H2,1-2H3,(H,22,23). The average Bonchev–Trinajstić information content (AvgIpc) is 2.59. The second-order valence-electron chi connectivity index (χ2n) is 5.66. The summed E-state index contributed by atoms with van der Waals surface area (Å²) in [6.07, 6.45) is 1.62. The predicted octanol–water partition coefficient (Wildman–Crippen LogP) is 4.03. The minimum atomic E-state index is -0.357. The first-order valence-electron chi connectivity index (χ1n) is 7.64. The van der Waals surface area contributed by atoms with Gasteiger partial charge in [-0.1, -0.05) is 68.4 Å². The van der Waals surface area contributed by atoms with E-state index in [1.807, 2.05) is 60.7 Å². The summed E-state index contributed by atoms with van der Waals surface area (Å²) in [6, 6.07) is 19.5. The zero-order valence-corrected chi connectivity index (χ0v) is 13.4. The molecule has 23 heavy (non-hydrogen) atoms. The van der Waals surface area contributed by atoms with Crippen molar-refractivity contribution < 1.29 is 4.79 Å². The highest BCUT2D eigenvalue weighted by Crippen LogP contribution is 2.16. The third-order valence-electron chi connectivity index (χ3n) is 3.58. The quantitative estimate of drug-likeness (QED) is 0.669. The monoisotopic (exact) mass is 304 g/mol. The second-order valence-corrected chi connectivity index (χ2v) is 5.66. The highest BCUT2D eigenvalue weighted by atomic mass is 16.1. The van der Waals surface area contributed by atoms with Crippen molar-refractivity contribution in [1.29, 1.82) is 5.26 Å². The van der Waals surface area contributed by atoms with Crippen molar-refractivity contribution in [2.75, 3.05) is 0 Å². The molecule has 0 spiro atoms. The number of carbonyl (C=O) groups excluding carboxylic acids is 1. The molecular weight excluding hydrogens is 284 g/mol. The first-order valence-corrected chi connectivity index (χ1v) is 7.64. The van der Waals surface area contributed by atoms with Crippen LogP contribution in [0.15, 0.2) is 60.2 Å². The molecule has 0 saturated carbocycles. The van der Waals surface area contributed by atoms with Crippen LogP contribution in [0.1, 0.15) is 36.5 Å². The lowest BCUT2D eigenvalue weighted by atomic mass is 10.0. The Morgan fingerprint density at radius 2 is 1.78 bits per heavy atom. The van der Waals surface area contributed by atoms with Gasteiger partial charge < -0.3 is 5.32 Å². The van der Waals surface area contributed by atoms with E-state index in [4.69, 9.17) is 0 Å². The molecule has 0 aliphatic rings. The number of nitrogens with one attached hydrogen (secondary N) is 1. The number of benzene rings is 2. The van der Waals surface area contributed by atoms with E-state index in [0.29, 0.717) is 12.5 Å². The van der Waals surface area contributed by atoms with Gasteiger partial charge in [0.2, 0.25) is 0 Å². The highest BCUT2D eigenvalue weighted by molar-refractivity contribution is 6.01. The SMILES string of the molecule is CC(C)c1ccc(C=C(C#N)C(=O)NCc2ccccc2)cc1. The normalized spacial score (nSPS) is 11.1. The summed E-state index contributed by atoms with van der Waals surface area (Å²) in [4.78, 5) is 12.1. The van der Waals surface area contributed by atoms with E-state index in [0.717, 1.165) is 11.1 Å². The smallest absolute Gasteiger partial charge is 0.262 e. The van der Waals surface area contributed by atoms with Gasteiger partial charge in [-0.25, -0.2) is 0 Å². The maximum atomic E-state index is 12.1. The van der Waals surface area contributed by atoms with Gasteiger partial charge in [0.1, 0.15) is 11.6 Å². The summed E-state index contributed by atoms with van der Waals surface area (Å²) in [5.74, 6) is 0.0990. The van der Waals surface area contributed by atoms with E-state index in [9.17, 15) is 10.1 Å². The second kappa shape index (κ2) is 7.95. The Kier molecular flexibility index (Phi) is 5.71. The van der Waals surface area contributed by atoms with E-state index in [-0.39, 0.29) is 11.5 Å². The Morgan fingerprint density at radius 1 is 1.13 bits per heavy atom. The molecule has 0 aliphatic carbocycles. The maximum absolute atomic E-state index is 12.1. The largest absolute Gasteiger partial charge is 0.347 e. The van der Waals surface area contributed by atoms with Crippen molar-refractivity contribution in [2.45, 2.75) is 26.3 Å². The molecule has 0 unspecified atom stereocenters. The number of nitrogens with zero attached hydrogens (tertiary/aromatic N) is 1. The average molecular weight is 304 g/mol. The molecule has 0 aromatic heterocycles. The van der Waals surface area contributed by atoms with Crippen LogP contribution in [-0.4, -0.2) is 5.91 Å². The Bertz CT molecular complexity index is 722. The minimum absolute atomic E-state index is 0.109. The summed E-state index contributed by atoms with van der Waals surface area (Å²) < 4.78 is 0. The van der Waals surface area contributed by atoms with Crippen molar-refractivity contribution in [1.82, 2.24) is 5.32 Å². The third-order valence-corrected chi connectivity index (χ3v) is 3.58. The van der Waals surface area contributed by atoms with Crippen molar-refractivity contribution in [3.05, 3.63) is 76.9 Å². The maximum Gasteiger partial charge on any atom is 0.262 e. The van der Waals surface area contributed by atoms with Crippen LogP contribution in [0.25, 0.3) is 6.08 Å². The number of amides is 1. The first-order chi connectivity index (χ1) is 11.1. The van der Waals surface area contributed by atoms with Crippen molar-refractivity contribution in [3.8, 4) is 6.07 Å². The highest BCUT2D eigenvalue weighted by Gasteiger charge is 2.08. The molecule has 0 fully saturated rings. The summed E-state index contributed by atoms with van der Waals surface area (Å²) in [7, 11) is 0. The molecule has 0 heterocycles. The van der Waals surface area contributed by atoms with E-state index < -0.39 is 0 Å². The number of hydrogen-bond acceptors (Lipinski definition) is 2. The summed E-state index contributed by atoms with van der Waals surface area (Å²) >= 11 is 0. The van der Waals surface area contributed by atoms with Gasteiger partial charge in [-0.15, -0.1) is 0 Å². The van der Waals surface area contributed by atoms with Crippen molar-refractivity contribution in [2.24, 2.45) is 0 Å². The van der Waals surface area contributed by atoms with Crippen LogP contribution in [0.3, 0.4) is 0 Å². The fraction of sp³-hybridized carbons (Fsp3) is 0.200. The van der Waals surface area contributed by atoms with Gasteiger partial charge in [0.25, 0.3) is 5.91 Å². The molecule has 2 rings (SSSR count). The van der Waals surface area contributed by atoms with Crippen LogP contribution in [-0.2, 0) is 11.3 Å². The molecule has 0 atom stereocenters. The molecule has 116 valence electrons. The van der Waals surface area contributed by atoms with Gasteiger partial charge in [0.15, 0.2) is 0 Å². The lowest BCUT2D eigenvalue weighted by Gasteiger charge is -2.06. The zero-order chi connectivity index (χ0) is 16.7. The Morgan fingerprint density at radius 3 is 2.35 bits per heavy atom. The Hall–Kier alpha value is -2.86. The van der Waals surface area contributed by atoms with Crippen molar-refractivity contribution >= 4 is 12.0 Å². The van der Waals surface area contributed by atoms with Crippen LogP contribution in [0.2, 0.25) is 0 Å². The predicted molar refractivity (Wildman–Crippen MR) is 92.4 cm³/mol. The van der Waals surface area contributed by atoms with Crippen LogP contribution >= 0.6 is 0 Å². The molecule has 3 heteroatoms. The summed E-state index contributed by atoms with van der Waals surface area (Å²) in [5.41, 5.74) is 3.19. The van der Waals surface area contributed by atoms with E-state index in [1.165, 1.54) is 5.56 Å². The van der Waals surface area contributed by atoms with E-state index in [1.54, 1.807) is 6.08 Å². The zero-order valence-electron chi connectivity index (χ0n) is 13.4. The number of rotatable bonds is 5. The van der Waals surface area contributed by atoms with E-state index in [2.05, 4.69) is 19.2 Å². The number of hydrogen-bond donors (Lipinski definition) is 1. The van der Waals surface area contributed by atoms with Gasteiger partial charge >= 0.3 is 0 Å². The van der Waals surface area contributed by atoms with Crippen LogP contribution in [0.5, 0.6) is 0 Å². The molecule has 0 saturated heterocycles. The number of carbonyl (C=O) groups is 1. The van der Waals surface area contributed by atoms with Crippen LogP contribution in [0, 0.1) is 11.3 Å². The number of nitriles is 1. The fourth-order valence-corrected chi connectivity index (χ4v) is 2.17. The first kappa shape index (κ1) is 16.5. The van der Waals surface area contributed by atoms with Gasteiger partial charge in [-0.3, -0.25) is 4.79 Å². The van der Waals surface area contributed by atoms with Gasteiger partial charge in [-0.2, -0.15) is 5.26 Å². The molecular formula is C20H20N2O. The minimum Gasteiger partial charge on any atom is -0.347 e. The Labute approximate surface area is 137 Å². The lowest BCUT2D eigenvalue weighted by molar-refractivity contribution is -0.117. The van der Waals surface area contributed by atoms with Crippen LogP contribution in [0.4, 0.5) is 0 Å². The van der Waals surface area contributed by atoms with Gasteiger partial charge in [-0.05, 0) is 28.7 Å². The van der Waals surface area contributed by atoms with Crippen molar-refractivity contribution in [3.63, 3.8) is 0 Å². The molecule has 1 N–H and O–H groups in total. The van der Waals surface area contributed by atoms with Crippen LogP contribution < -0.4 is 5.32 Å². The molecule has 2 aromatic rings. The fourth-order valence-electron chi connectivity index (χ4n) is 2.17. The Balaban J connectivity index is 2.06. The third kappa shape index (κ3) is 4.82. The molecule has 0 aliphatic heterocycles. The van der Waals surface area contributed by atoms with Gasteiger partial charge in [0, 0.05) is 6.54 Å².